The predicted molar refractivity (Wildman–Crippen MR) is 91.4 cm³/mol. The number of nitrogens with one attached hydrogen (secondary N) is 2. The molecule has 0 aromatic heterocycles. The fourth-order valence-electron chi connectivity index (χ4n) is 1.68. The molecule has 1 aromatic rings. The minimum Gasteiger partial charge on any atom is -0.362 e. The van der Waals surface area contributed by atoms with Gasteiger partial charge in [0.1, 0.15) is 6.17 Å². The Hall–Kier alpha value is -0.350. The summed E-state index contributed by atoms with van der Waals surface area (Å²) in [4.78, 5) is 11.9. The van der Waals surface area contributed by atoms with E-state index >= 15 is 0 Å². The van der Waals surface area contributed by atoms with E-state index in [1.807, 2.05) is 0 Å². The molecule has 0 bridgehead atoms. The van der Waals surface area contributed by atoms with Crippen molar-refractivity contribution in [2.45, 2.75) is 42.6 Å². The van der Waals surface area contributed by atoms with E-state index in [-0.39, 0.29) is 5.91 Å². The highest BCUT2D eigenvalue weighted by Gasteiger charge is 2.33. The molecule has 2 N–H and O–H groups in total. The first-order valence-electron chi connectivity index (χ1n) is 6.71. The summed E-state index contributed by atoms with van der Waals surface area (Å²) in [5, 5.41) is 6.29. The number of amides is 1. The van der Waals surface area contributed by atoms with Gasteiger partial charge in [0.25, 0.3) is 0 Å². The third kappa shape index (κ3) is 7.46. The minimum absolute atomic E-state index is 0.152. The summed E-state index contributed by atoms with van der Waals surface area (Å²) in [6.45, 7) is 2.07. The fourth-order valence-corrected chi connectivity index (χ4v) is 2.13. The molecule has 0 unspecified atom stereocenters. The molecule has 1 amide bonds. The lowest BCUT2D eigenvalue weighted by atomic mass is 10.2. The monoisotopic (exact) mass is 370 g/mol. The Morgan fingerprint density at radius 3 is 2.33 bits per heavy atom. The molecule has 0 aliphatic carbocycles. The maximum atomic E-state index is 11.9. The zero-order valence-corrected chi connectivity index (χ0v) is 14.7. The summed E-state index contributed by atoms with van der Waals surface area (Å²) in [5.41, 5.74) is 0.699. The van der Waals surface area contributed by atoms with Gasteiger partial charge in [0.05, 0.1) is 0 Å². The lowest BCUT2D eigenvalue weighted by Gasteiger charge is -2.27. The minimum atomic E-state index is -1.67. The molecule has 7 heteroatoms. The van der Waals surface area contributed by atoms with Crippen molar-refractivity contribution in [3.8, 4) is 0 Å². The number of carbonyl (C=O) groups excluding carboxylic acids is 1. The lowest BCUT2D eigenvalue weighted by molar-refractivity contribution is -0.121. The molecule has 0 heterocycles. The van der Waals surface area contributed by atoms with E-state index in [1.54, 1.807) is 24.3 Å². The summed E-state index contributed by atoms with van der Waals surface area (Å²) in [5.74, 6) is -0.152. The van der Waals surface area contributed by atoms with Gasteiger partial charge in [0.15, 0.2) is 0 Å². The van der Waals surface area contributed by atoms with E-state index in [4.69, 9.17) is 46.4 Å². The molecule has 118 valence electrons. The molecule has 0 saturated carbocycles. The van der Waals surface area contributed by atoms with Crippen molar-refractivity contribution in [3.63, 3.8) is 0 Å². The van der Waals surface area contributed by atoms with Crippen LogP contribution in [-0.2, 0) is 4.79 Å². The van der Waals surface area contributed by atoms with Gasteiger partial charge in [-0.1, -0.05) is 66.2 Å². The van der Waals surface area contributed by atoms with E-state index in [2.05, 4.69) is 17.6 Å². The fraction of sp³-hybridized carbons (Fsp3) is 0.500. The molecule has 1 aromatic carbocycles. The molecule has 1 atom stereocenters. The maximum Gasteiger partial charge on any atom is 0.228 e. The maximum absolute atomic E-state index is 11.9. The third-order valence-electron chi connectivity index (χ3n) is 2.80. The van der Waals surface area contributed by atoms with Gasteiger partial charge in [-0.3, -0.25) is 4.79 Å². The van der Waals surface area contributed by atoms with Crippen LogP contribution in [-0.4, -0.2) is 15.9 Å². The number of halogens is 4. The van der Waals surface area contributed by atoms with Gasteiger partial charge >= 0.3 is 0 Å². The van der Waals surface area contributed by atoms with Gasteiger partial charge in [0.2, 0.25) is 9.70 Å². The Morgan fingerprint density at radius 2 is 1.81 bits per heavy atom. The van der Waals surface area contributed by atoms with Crippen LogP contribution in [0.3, 0.4) is 0 Å². The van der Waals surface area contributed by atoms with Gasteiger partial charge in [-0.15, -0.1) is 0 Å². The van der Waals surface area contributed by atoms with Crippen LogP contribution in [0.4, 0.5) is 5.69 Å². The highest BCUT2D eigenvalue weighted by Crippen LogP contribution is 2.31. The lowest BCUT2D eigenvalue weighted by Crippen LogP contribution is -2.49. The molecule has 0 spiro atoms. The molecule has 0 saturated heterocycles. The zero-order chi connectivity index (χ0) is 15.9. The first kappa shape index (κ1) is 18.7. The summed E-state index contributed by atoms with van der Waals surface area (Å²) in [6.07, 6.45) is 2.45. The number of carbonyl (C=O) groups is 1. The van der Waals surface area contributed by atoms with E-state index in [0.29, 0.717) is 17.1 Å². The summed E-state index contributed by atoms with van der Waals surface area (Å²) < 4.78 is -1.67. The van der Waals surface area contributed by atoms with Crippen LogP contribution in [0.1, 0.15) is 32.6 Å². The zero-order valence-electron chi connectivity index (χ0n) is 11.6. The van der Waals surface area contributed by atoms with Gasteiger partial charge in [-0.25, -0.2) is 0 Å². The van der Waals surface area contributed by atoms with Gasteiger partial charge in [0, 0.05) is 17.1 Å². The van der Waals surface area contributed by atoms with Crippen molar-refractivity contribution < 1.29 is 4.79 Å². The molecule has 0 radical (unpaired) electrons. The van der Waals surface area contributed by atoms with Crippen LogP contribution < -0.4 is 10.6 Å². The number of anilines is 1. The van der Waals surface area contributed by atoms with Gasteiger partial charge in [-0.2, -0.15) is 0 Å². The Morgan fingerprint density at radius 1 is 1.19 bits per heavy atom. The van der Waals surface area contributed by atoms with E-state index < -0.39 is 9.96 Å². The second-order valence-electron chi connectivity index (χ2n) is 4.65. The van der Waals surface area contributed by atoms with Crippen LogP contribution in [0.2, 0.25) is 5.02 Å². The topological polar surface area (TPSA) is 41.1 Å². The van der Waals surface area contributed by atoms with Crippen LogP contribution >= 0.6 is 46.4 Å². The van der Waals surface area contributed by atoms with Crippen molar-refractivity contribution in [2.75, 3.05) is 5.32 Å². The largest absolute Gasteiger partial charge is 0.362 e. The number of rotatable bonds is 7. The average molecular weight is 372 g/mol. The molecule has 1 rings (SSSR count). The van der Waals surface area contributed by atoms with Gasteiger partial charge < -0.3 is 10.6 Å². The molecular weight excluding hydrogens is 354 g/mol. The molecule has 21 heavy (non-hydrogen) atoms. The molecule has 3 nitrogen and oxygen atoms in total. The Bertz CT molecular complexity index is 445. The molecule has 0 aliphatic heterocycles. The third-order valence-corrected chi connectivity index (χ3v) is 3.70. The van der Waals surface area contributed by atoms with Crippen LogP contribution in [0, 0.1) is 0 Å². The highest BCUT2D eigenvalue weighted by molar-refractivity contribution is 6.68. The summed E-state index contributed by atoms with van der Waals surface area (Å²) in [7, 11) is 0. The number of alkyl halides is 3. The SMILES string of the molecule is CCCCCC(=O)N[C@H](Nc1ccc(Cl)cc1)C(Cl)(Cl)Cl. The first-order valence-corrected chi connectivity index (χ1v) is 8.22. The number of unbranched alkanes of at least 4 members (excludes halogenated alkanes) is 2. The van der Waals surface area contributed by atoms with E-state index in [9.17, 15) is 4.79 Å². The second-order valence-corrected chi connectivity index (χ2v) is 7.46. The predicted octanol–water partition coefficient (Wildman–Crippen LogP) is 5.14. The highest BCUT2D eigenvalue weighted by atomic mass is 35.6. The first-order chi connectivity index (χ1) is 9.82. The Balaban J connectivity index is 2.64. The van der Waals surface area contributed by atoms with Crippen molar-refractivity contribution in [2.24, 2.45) is 0 Å². The molecular formula is C14H18Cl4N2O. The summed E-state index contributed by atoms with van der Waals surface area (Å²) in [6, 6.07) is 6.91. The number of hydrogen-bond donors (Lipinski definition) is 2. The molecule has 0 fully saturated rings. The Kier molecular flexibility index (Phi) is 7.96. The van der Waals surface area contributed by atoms with Crippen molar-refractivity contribution in [1.29, 1.82) is 0 Å². The number of hydrogen-bond acceptors (Lipinski definition) is 2. The van der Waals surface area contributed by atoms with Crippen LogP contribution in [0.25, 0.3) is 0 Å². The normalized spacial score (nSPS) is 12.8. The van der Waals surface area contributed by atoms with Gasteiger partial charge in [-0.05, 0) is 30.7 Å². The van der Waals surface area contributed by atoms with Crippen molar-refractivity contribution in [1.82, 2.24) is 5.32 Å². The number of benzene rings is 1. The van der Waals surface area contributed by atoms with Crippen molar-refractivity contribution >= 4 is 58.0 Å². The second kappa shape index (κ2) is 8.94. The van der Waals surface area contributed by atoms with Crippen LogP contribution in [0.5, 0.6) is 0 Å². The molecule has 0 aliphatic rings. The van der Waals surface area contributed by atoms with Crippen LogP contribution in [0.15, 0.2) is 24.3 Å². The van der Waals surface area contributed by atoms with E-state index in [1.165, 1.54) is 0 Å². The standard InChI is InChI=1S/C14H18Cl4N2O/c1-2-3-4-5-12(21)20-13(14(16,17)18)19-11-8-6-10(15)7-9-11/h6-9,13,19H,2-5H2,1H3,(H,20,21)/t13-/m0/s1. The average Bonchev–Trinajstić information content (AvgIpc) is 2.40. The summed E-state index contributed by atoms with van der Waals surface area (Å²) >= 11 is 23.6. The van der Waals surface area contributed by atoms with Crippen molar-refractivity contribution in [3.05, 3.63) is 29.3 Å². The quantitative estimate of drug-likeness (QED) is 0.395. The Labute approximate surface area is 145 Å². The van der Waals surface area contributed by atoms with E-state index in [0.717, 1.165) is 19.3 Å². The smallest absolute Gasteiger partial charge is 0.228 e.